The lowest BCUT2D eigenvalue weighted by atomic mass is 9.33. The van der Waals surface area contributed by atoms with Crippen LogP contribution >= 0.6 is 0 Å². The molecule has 286 valence electrons. The molecular weight excluding hydrogens is 715 g/mol. The zero-order valence-electron chi connectivity index (χ0n) is 34.6. The summed E-state index contributed by atoms with van der Waals surface area (Å²) in [6.07, 6.45) is 3.49. The third-order valence-corrected chi connectivity index (χ3v) is 12.1. The largest absolute Gasteiger partial charge is 0.311 e. The predicted octanol–water partition coefficient (Wildman–Crippen LogP) is 12.2. The van der Waals surface area contributed by atoms with E-state index in [1.54, 1.807) is 6.33 Å². The van der Waals surface area contributed by atoms with Gasteiger partial charge in [-0.15, -0.1) is 0 Å². The second kappa shape index (κ2) is 14.0. The molecule has 0 unspecified atom stereocenters. The number of aromatic nitrogens is 2. The first kappa shape index (κ1) is 36.6. The minimum Gasteiger partial charge on any atom is -0.311 e. The van der Waals surface area contributed by atoms with E-state index >= 15 is 0 Å². The summed E-state index contributed by atoms with van der Waals surface area (Å²) in [5.74, 6) is 0. The summed E-state index contributed by atoms with van der Waals surface area (Å²) in [7, 11) is 0. The first-order valence-corrected chi connectivity index (χ1v) is 20.7. The Bertz CT molecular complexity index is 2650. The van der Waals surface area contributed by atoms with E-state index in [9.17, 15) is 0 Å². The van der Waals surface area contributed by atoms with Crippen LogP contribution in [0.2, 0.25) is 0 Å². The Balaban J connectivity index is 1.27. The van der Waals surface area contributed by atoms with Crippen molar-refractivity contribution in [2.45, 2.75) is 52.4 Å². The summed E-state index contributed by atoms with van der Waals surface area (Å²) in [6.45, 7) is 13.8. The van der Waals surface area contributed by atoms with Crippen molar-refractivity contribution in [3.05, 3.63) is 187 Å². The Morgan fingerprint density at radius 2 is 0.864 bits per heavy atom. The summed E-state index contributed by atoms with van der Waals surface area (Å²) in [5.41, 5.74) is 20.1. The molecule has 4 nitrogen and oxygen atoms in total. The second-order valence-corrected chi connectivity index (χ2v) is 18.0. The second-order valence-electron chi connectivity index (χ2n) is 18.0. The fraction of sp³-hybridized carbons (Fsp3) is 0.148. The van der Waals surface area contributed by atoms with Crippen LogP contribution in [0, 0.1) is 0 Å². The van der Waals surface area contributed by atoms with Gasteiger partial charge in [-0.25, -0.2) is 9.97 Å². The lowest BCUT2D eigenvalue weighted by Crippen LogP contribution is -2.61. The van der Waals surface area contributed by atoms with Crippen molar-refractivity contribution in [2.24, 2.45) is 0 Å². The van der Waals surface area contributed by atoms with Crippen LogP contribution in [-0.4, -0.2) is 16.7 Å². The molecule has 0 radical (unpaired) electrons. The van der Waals surface area contributed by atoms with E-state index in [1.165, 1.54) is 61.1 Å². The lowest BCUT2D eigenvalue weighted by Gasteiger charge is -2.45. The molecule has 0 fully saturated rings. The van der Waals surface area contributed by atoms with E-state index in [0.29, 0.717) is 0 Å². The molecule has 0 spiro atoms. The SMILES string of the molecule is CC(C)(C)c1ccc2c(c1)N(c1ccc(-c3ccccc3)cc1)c1cc(-c3ccncn3)cc3c1B2c1ccc(C(C)(C)C)cc1N3c1ccc(-c2ccccc2)cc1. The Labute approximate surface area is 349 Å². The summed E-state index contributed by atoms with van der Waals surface area (Å²) in [6, 6.07) is 60.6. The topological polar surface area (TPSA) is 32.3 Å². The van der Waals surface area contributed by atoms with E-state index in [1.807, 2.05) is 12.3 Å². The molecule has 0 saturated carbocycles. The Morgan fingerprint density at radius 3 is 1.27 bits per heavy atom. The number of nitrogens with zero attached hydrogens (tertiary/aromatic N) is 4. The zero-order valence-corrected chi connectivity index (χ0v) is 34.6. The van der Waals surface area contributed by atoms with Gasteiger partial charge in [-0.3, -0.25) is 0 Å². The van der Waals surface area contributed by atoms with E-state index < -0.39 is 0 Å². The third-order valence-electron chi connectivity index (χ3n) is 12.1. The van der Waals surface area contributed by atoms with Gasteiger partial charge in [0.15, 0.2) is 0 Å². The monoisotopic (exact) mass is 762 g/mol. The number of fused-ring (bicyclic) bond motifs is 4. The van der Waals surface area contributed by atoms with Crippen LogP contribution in [-0.2, 0) is 10.8 Å². The van der Waals surface area contributed by atoms with Crippen molar-refractivity contribution in [1.29, 1.82) is 0 Å². The van der Waals surface area contributed by atoms with E-state index in [2.05, 4.69) is 214 Å². The molecular formula is C54H47BN4. The smallest absolute Gasteiger partial charge is 0.252 e. The first-order valence-electron chi connectivity index (χ1n) is 20.7. The molecule has 0 amide bonds. The van der Waals surface area contributed by atoms with Gasteiger partial charge >= 0.3 is 0 Å². The number of hydrogen-bond donors (Lipinski definition) is 0. The highest BCUT2D eigenvalue weighted by Crippen LogP contribution is 2.47. The first-order chi connectivity index (χ1) is 28.5. The minimum atomic E-state index is -0.0408. The summed E-state index contributed by atoms with van der Waals surface area (Å²) < 4.78 is 0. The molecule has 2 aliphatic rings. The summed E-state index contributed by atoms with van der Waals surface area (Å²) in [5, 5.41) is 0. The fourth-order valence-corrected chi connectivity index (χ4v) is 8.96. The highest BCUT2D eigenvalue weighted by molar-refractivity contribution is 7.00. The van der Waals surface area contributed by atoms with Crippen LogP contribution < -0.4 is 26.2 Å². The maximum Gasteiger partial charge on any atom is 0.252 e. The van der Waals surface area contributed by atoms with Crippen molar-refractivity contribution < 1.29 is 0 Å². The Kier molecular flexibility index (Phi) is 8.68. The van der Waals surface area contributed by atoms with Crippen molar-refractivity contribution in [3.63, 3.8) is 0 Å². The van der Waals surface area contributed by atoms with Gasteiger partial charge in [0.1, 0.15) is 6.33 Å². The quantitative estimate of drug-likeness (QED) is 0.164. The van der Waals surface area contributed by atoms with Crippen molar-refractivity contribution >= 4 is 57.2 Å². The van der Waals surface area contributed by atoms with Gasteiger partial charge < -0.3 is 9.80 Å². The minimum absolute atomic E-state index is 0.00664. The highest BCUT2D eigenvalue weighted by atomic mass is 15.2. The van der Waals surface area contributed by atoms with Gasteiger partial charge in [0, 0.05) is 45.9 Å². The molecule has 2 aliphatic heterocycles. The zero-order chi connectivity index (χ0) is 40.5. The van der Waals surface area contributed by atoms with Crippen LogP contribution in [0.4, 0.5) is 34.1 Å². The number of anilines is 6. The molecule has 7 aromatic carbocycles. The van der Waals surface area contributed by atoms with E-state index in [-0.39, 0.29) is 17.5 Å². The molecule has 0 aliphatic carbocycles. The molecule has 59 heavy (non-hydrogen) atoms. The maximum absolute atomic E-state index is 4.83. The fourth-order valence-electron chi connectivity index (χ4n) is 8.96. The third kappa shape index (κ3) is 6.42. The van der Waals surface area contributed by atoms with Crippen LogP contribution in [0.3, 0.4) is 0 Å². The van der Waals surface area contributed by atoms with E-state index in [0.717, 1.165) is 34.0 Å². The van der Waals surface area contributed by atoms with Crippen LogP contribution in [0.5, 0.6) is 0 Å². The van der Waals surface area contributed by atoms with Crippen molar-refractivity contribution in [2.75, 3.05) is 9.80 Å². The average Bonchev–Trinajstić information content (AvgIpc) is 3.26. The molecule has 0 atom stereocenters. The molecule has 8 aromatic rings. The molecule has 1 aromatic heterocycles. The van der Waals surface area contributed by atoms with Crippen LogP contribution in [0.25, 0.3) is 33.5 Å². The van der Waals surface area contributed by atoms with Crippen molar-refractivity contribution in [3.8, 4) is 33.5 Å². The normalized spacial score (nSPS) is 13.2. The highest BCUT2D eigenvalue weighted by Gasteiger charge is 2.44. The number of hydrogen-bond acceptors (Lipinski definition) is 4. The predicted molar refractivity (Wildman–Crippen MR) is 250 cm³/mol. The maximum atomic E-state index is 4.83. The van der Waals surface area contributed by atoms with Crippen molar-refractivity contribution in [1.82, 2.24) is 9.97 Å². The van der Waals surface area contributed by atoms with E-state index in [4.69, 9.17) is 4.98 Å². The van der Waals surface area contributed by atoms with Gasteiger partial charge in [-0.05, 0) is 115 Å². The molecule has 0 N–H and O–H groups in total. The number of benzene rings is 7. The standard InChI is InChI=1S/C54H47BN4/c1-53(2,3)41-21-27-45-48(33-41)58(43-23-17-38(18-24-43)36-13-9-7-10-14-36)50-31-40(47-29-30-56-35-57-47)32-51-52(50)55(45)46-28-22-42(54(4,5)6)34-49(46)59(51)44-25-19-39(20-26-44)37-15-11-8-12-16-37/h7-35H,1-6H3. The molecule has 5 heteroatoms. The van der Waals surface area contributed by atoms with Gasteiger partial charge in [-0.2, -0.15) is 0 Å². The molecule has 0 bridgehead atoms. The average molecular weight is 763 g/mol. The van der Waals surface area contributed by atoms with Gasteiger partial charge in [-0.1, -0.05) is 151 Å². The molecule has 10 rings (SSSR count). The summed E-state index contributed by atoms with van der Waals surface area (Å²) >= 11 is 0. The van der Waals surface area contributed by atoms with Gasteiger partial charge in [0.2, 0.25) is 0 Å². The van der Waals surface area contributed by atoms with Gasteiger partial charge in [0.25, 0.3) is 6.71 Å². The Hall–Kier alpha value is -6.72. The number of rotatable bonds is 5. The van der Waals surface area contributed by atoms with Gasteiger partial charge in [0.05, 0.1) is 5.69 Å². The van der Waals surface area contributed by atoms with Crippen LogP contribution in [0.1, 0.15) is 52.7 Å². The Morgan fingerprint density at radius 1 is 0.424 bits per heavy atom. The molecule has 3 heterocycles. The lowest BCUT2D eigenvalue weighted by molar-refractivity contribution is 0.590. The summed E-state index contributed by atoms with van der Waals surface area (Å²) in [4.78, 5) is 14.1. The van der Waals surface area contributed by atoms with Crippen LogP contribution in [0.15, 0.2) is 176 Å². The molecule has 0 saturated heterocycles.